The summed E-state index contributed by atoms with van der Waals surface area (Å²) >= 11 is 1.29. The van der Waals surface area contributed by atoms with Crippen molar-refractivity contribution in [1.29, 1.82) is 0 Å². The van der Waals surface area contributed by atoms with Crippen LogP contribution in [-0.2, 0) is 24.3 Å². The van der Waals surface area contributed by atoms with Crippen LogP contribution in [0.3, 0.4) is 0 Å². The number of amides is 2. The third-order valence-electron chi connectivity index (χ3n) is 4.53. The van der Waals surface area contributed by atoms with E-state index in [1.807, 2.05) is 0 Å². The van der Waals surface area contributed by atoms with Gasteiger partial charge in [-0.05, 0) is 60.8 Å². The third-order valence-corrected chi connectivity index (χ3v) is 7.44. The van der Waals surface area contributed by atoms with Crippen molar-refractivity contribution in [2.24, 2.45) is 0 Å². The maximum atomic E-state index is 12.8. The molecule has 0 saturated heterocycles. The van der Waals surface area contributed by atoms with E-state index in [0.717, 1.165) is 14.4 Å². The number of nitrogens with zero attached hydrogens (tertiary/aromatic N) is 1. The Kier molecular flexibility index (Phi) is 7.46. The van der Waals surface area contributed by atoms with E-state index in [0.29, 0.717) is 16.3 Å². The first-order valence-corrected chi connectivity index (χ1v) is 12.2. The summed E-state index contributed by atoms with van der Waals surface area (Å²) < 4.78 is 32.3. The fourth-order valence-electron chi connectivity index (χ4n) is 3.01. The van der Waals surface area contributed by atoms with E-state index in [9.17, 15) is 22.8 Å². The fraction of sp³-hybridized carbons (Fsp3) is 0.227. The first-order chi connectivity index (χ1) is 15.6. The molecule has 174 valence electrons. The molecule has 33 heavy (non-hydrogen) atoms. The molecule has 1 heterocycles. The van der Waals surface area contributed by atoms with E-state index in [-0.39, 0.29) is 17.4 Å². The van der Waals surface area contributed by atoms with Gasteiger partial charge in [-0.15, -0.1) is 11.3 Å². The predicted molar refractivity (Wildman–Crippen MR) is 127 cm³/mol. The van der Waals surface area contributed by atoms with Crippen LogP contribution in [0.2, 0.25) is 0 Å². The van der Waals surface area contributed by atoms with Gasteiger partial charge in [0.2, 0.25) is 21.8 Å². The SMILES string of the molecule is CCOC(=O)c1cc2cc(NC(=O)CN(C)S(=O)(=O)c3ccc(NC(C)=O)cc3)ccc2s1. The zero-order valence-electron chi connectivity index (χ0n) is 18.2. The van der Waals surface area contributed by atoms with Gasteiger partial charge in [0.15, 0.2) is 0 Å². The summed E-state index contributed by atoms with van der Waals surface area (Å²) in [6, 6.07) is 12.5. The highest BCUT2D eigenvalue weighted by Crippen LogP contribution is 2.28. The van der Waals surface area contributed by atoms with Gasteiger partial charge in [-0.25, -0.2) is 13.2 Å². The number of likely N-dealkylation sites (N-methyl/N-ethyl adjacent to an activating group) is 1. The maximum absolute atomic E-state index is 12.8. The number of hydrogen-bond donors (Lipinski definition) is 2. The monoisotopic (exact) mass is 489 g/mol. The lowest BCUT2D eigenvalue weighted by molar-refractivity contribution is -0.116. The predicted octanol–water partition coefficient (Wildman–Crippen LogP) is 3.30. The van der Waals surface area contributed by atoms with Gasteiger partial charge in [0, 0.05) is 30.0 Å². The average Bonchev–Trinajstić information content (AvgIpc) is 3.17. The lowest BCUT2D eigenvalue weighted by Crippen LogP contribution is -2.34. The number of thiophene rings is 1. The van der Waals surface area contributed by atoms with Gasteiger partial charge in [0.1, 0.15) is 4.88 Å². The molecule has 0 saturated carbocycles. The van der Waals surface area contributed by atoms with Crippen molar-refractivity contribution in [2.75, 3.05) is 30.8 Å². The van der Waals surface area contributed by atoms with Crippen molar-refractivity contribution in [3.05, 3.63) is 53.4 Å². The number of hydrogen-bond acceptors (Lipinski definition) is 7. The Morgan fingerprint density at radius 2 is 1.67 bits per heavy atom. The van der Waals surface area contributed by atoms with Crippen LogP contribution in [0, 0.1) is 0 Å². The number of anilines is 2. The first kappa shape index (κ1) is 24.4. The standard InChI is InChI=1S/C22H23N3O6S2/c1-4-31-22(28)20-12-15-11-17(7-10-19(15)32-20)24-21(27)13-25(3)33(29,30)18-8-5-16(6-9-18)23-14(2)26/h5-12H,4,13H2,1-3H3,(H,23,26)(H,24,27). The van der Waals surface area contributed by atoms with Crippen LogP contribution >= 0.6 is 11.3 Å². The van der Waals surface area contributed by atoms with Gasteiger partial charge in [0.05, 0.1) is 18.0 Å². The summed E-state index contributed by atoms with van der Waals surface area (Å²) in [7, 11) is -2.60. The van der Waals surface area contributed by atoms with Crippen LogP contribution in [-0.4, -0.2) is 50.7 Å². The van der Waals surface area contributed by atoms with Crippen molar-refractivity contribution < 1.29 is 27.5 Å². The van der Waals surface area contributed by atoms with Crippen LogP contribution in [0.5, 0.6) is 0 Å². The maximum Gasteiger partial charge on any atom is 0.348 e. The molecular formula is C22H23N3O6S2. The third kappa shape index (κ3) is 5.95. The molecule has 2 amide bonds. The molecule has 3 rings (SSSR count). The van der Waals surface area contributed by atoms with E-state index in [4.69, 9.17) is 4.74 Å². The Bertz CT molecular complexity index is 1300. The second-order valence-electron chi connectivity index (χ2n) is 7.10. The molecular weight excluding hydrogens is 466 g/mol. The van der Waals surface area contributed by atoms with Crippen LogP contribution < -0.4 is 10.6 Å². The number of esters is 1. The second kappa shape index (κ2) is 10.1. The highest BCUT2D eigenvalue weighted by Gasteiger charge is 2.23. The van der Waals surface area contributed by atoms with Gasteiger partial charge >= 0.3 is 5.97 Å². The molecule has 0 aliphatic heterocycles. The van der Waals surface area contributed by atoms with Crippen LogP contribution in [0.15, 0.2) is 53.4 Å². The van der Waals surface area contributed by atoms with Gasteiger partial charge in [-0.3, -0.25) is 9.59 Å². The van der Waals surface area contributed by atoms with Crippen molar-refractivity contribution in [2.45, 2.75) is 18.7 Å². The lowest BCUT2D eigenvalue weighted by Gasteiger charge is -2.17. The van der Waals surface area contributed by atoms with Gasteiger partial charge < -0.3 is 15.4 Å². The summed E-state index contributed by atoms with van der Waals surface area (Å²) in [4.78, 5) is 36.0. The van der Waals surface area contributed by atoms with Crippen LogP contribution in [0.1, 0.15) is 23.5 Å². The van der Waals surface area contributed by atoms with E-state index in [1.54, 1.807) is 31.2 Å². The van der Waals surface area contributed by atoms with Gasteiger partial charge in [-0.2, -0.15) is 4.31 Å². The quantitative estimate of drug-likeness (QED) is 0.468. The Morgan fingerprint density at radius 3 is 2.30 bits per heavy atom. The number of benzene rings is 2. The molecule has 0 fully saturated rings. The minimum atomic E-state index is -3.91. The summed E-state index contributed by atoms with van der Waals surface area (Å²) in [5.41, 5.74) is 0.947. The average molecular weight is 490 g/mol. The topological polar surface area (TPSA) is 122 Å². The Labute approximate surface area is 195 Å². The molecule has 0 atom stereocenters. The molecule has 9 nitrogen and oxygen atoms in total. The molecule has 0 aliphatic carbocycles. The van der Waals surface area contributed by atoms with Crippen molar-refractivity contribution in [3.8, 4) is 0 Å². The number of rotatable bonds is 8. The molecule has 0 spiro atoms. The van der Waals surface area contributed by atoms with E-state index in [1.165, 1.54) is 49.6 Å². The Hall–Kier alpha value is -3.28. The molecule has 2 N–H and O–H groups in total. The van der Waals surface area contributed by atoms with Crippen molar-refractivity contribution >= 4 is 60.6 Å². The fourth-order valence-corrected chi connectivity index (χ4v) is 5.07. The zero-order valence-corrected chi connectivity index (χ0v) is 19.9. The number of ether oxygens (including phenoxy) is 1. The largest absolute Gasteiger partial charge is 0.462 e. The van der Waals surface area contributed by atoms with E-state index < -0.39 is 28.4 Å². The number of carbonyl (C=O) groups is 3. The number of carbonyl (C=O) groups excluding carboxylic acids is 3. The number of nitrogens with one attached hydrogen (secondary N) is 2. The van der Waals surface area contributed by atoms with Crippen molar-refractivity contribution in [3.63, 3.8) is 0 Å². The smallest absolute Gasteiger partial charge is 0.348 e. The van der Waals surface area contributed by atoms with Gasteiger partial charge in [0.25, 0.3) is 0 Å². The molecule has 1 aromatic heterocycles. The molecule has 0 unspecified atom stereocenters. The molecule has 0 radical (unpaired) electrons. The lowest BCUT2D eigenvalue weighted by atomic mass is 10.2. The summed E-state index contributed by atoms with van der Waals surface area (Å²) in [6.45, 7) is 2.97. The Morgan fingerprint density at radius 1 is 1.00 bits per heavy atom. The summed E-state index contributed by atoms with van der Waals surface area (Å²) in [5, 5.41) is 6.01. The van der Waals surface area contributed by atoms with E-state index >= 15 is 0 Å². The highest BCUT2D eigenvalue weighted by atomic mass is 32.2. The zero-order chi connectivity index (χ0) is 24.2. The highest BCUT2D eigenvalue weighted by molar-refractivity contribution is 7.89. The summed E-state index contributed by atoms with van der Waals surface area (Å²) in [6.07, 6.45) is 0. The van der Waals surface area contributed by atoms with Crippen LogP contribution in [0.4, 0.5) is 11.4 Å². The number of sulfonamides is 1. The van der Waals surface area contributed by atoms with Crippen LogP contribution in [0.25, 0.3) is 10.1 Å². The molecule has 0 bridgehead atoms. The van der Waals surface area contributed by atoms with Crippen molar-refractivity contribution in [1.82, 2.24) is 4.31 Å². The molecule has 11 heteroatoms. The first-order valence-electron chi connectivity index (χ1n) is 9.94. The number of fused-ring (bicyclic) bond motifs is 1. The Balaban J connectivity index is 1.67. The molecule has 0 aliphatic rings. The minimum absolute atomic E-state index is 0.00177. The second-order valence-corrected chi connectivity index (χ2v) is 10.2. The minimum Gasteiger partial charge on any atom is -0.462 e. The molecule has 2 aromatic carbocycles. The van der Waals surface area contributed by atoms with Gasteiger partial charge in [-0.1, -0.05) is 0 Å². The summed E-state index contributed by atoms with van der Waals surface area (Å²) in [5.74, 6) is -1.19. The normalized spacial score (nSPS) is 11.4. The van der Waals surface area contributed by atoms with E-state index in [2.05, 4.69) is 10.6 Å². The molecule has 3 aromatic rings.